The number of aliphatic hydroxyl groups excluding tert-OH is 1. The van der Waals surface area contributed by atoms with Gasteiger partial charge in [0.1, 0.15) is 16.2 Å². The molecule has 3 nitrogen and oxygen atoms in total. The summed E-state index contributed by atoms with van der Waals surface area (Å²) in [5.41, 5.74) is 1.50. The van der Waals surface area contributed by atoms with Crippen LogP contribution in [0.5, 0.6) is 0 Å². The Morgan fingerprint density at radius 3 is 2.94 bits per heavy atom. The minimum absolute atomic E-state index is 0.294. The lowest BCUT2D eigenvalue weighted by Gasteiger charge is -2.21. The number of hydrogen-bond acceptors (Lipinski definition) is 2. The van der Waals surface area contributed by atoms with Crippen LogP contribution in [0.2, 0.25) is 0 Å². The highest BCUT2D eigenvalue weighted by Crippen LogP contribution is 2.31. The van der Waals surface area contributed by atoms with Gasteiger partial charge in [-0.05, 0) is 40.9 Å². The van der Waals surface area contributed by atoms with Crippen LogP contribution in [0.1, 0.15) is 12.1 Å². The Morgan fingerprint density at radius 1 is 1.39 bits per heavy atom. The van der Waals surface area contributed by atoms with Crippen molar-refractivity contribution in [1.29, 1.82) is 0 Å². The SMILES string of the molecule is OC1CCc2c(Br)nc(-c3ccccc3F)n2C1. The molecule has 18 heavy (non-hydrogen) atoms. The van der Waals surface area contributed by atoms with Crippen molar-refractivity contribution in [3.63, 3.8) is 0 Å². The van der Waals surface area contributed by atoms with Crippen LogP contribution in [0.15, 0.2) is 28.9 Å². The topological polar surface area (TPSA) is 38.1 Å². The van der Waals surface area contributed by atoms with E-state index in [0.29, 0.717) is 17.9 Å². The lowest BCUT2D eigenvalue weighted by atomic mass is 10.1. The van der Waals surface area contributed by atoms with E-state index < -0.39 is 0 Å². The summed E-state index contributed by atoms with van der Waals surface area (Å²) in [4.78, 5) is 4.39. The minimum atomic E-state index is -0.385. The fourth-order valence-electron chi connectivity index (χ4n) is 2.35. The minimum Gasteiger partial charge on any atom is -0.391 e. The first-order chi connectivity index (χ1) is 8.66. The summed E-state index contributed by atoms with van der Waals surface area (Å²) in [5, 5.41) is 9.75. The second-order valence-corrected chi connectivity index (χ2v) is 5.21. The van der Waals surface area contributed by atoms with Crippen LogP contribution in [-0.2, 0) is 13.0 Å². The van der Waals surface area contributed by atoms with Crippen LogP contribution in [0.4, 0.5) is 4.39 Å². The van der Waals surface area contributed by atoms with Gasteiger partial charge in [0, 0.05) is 0 Å². The number of benzene rings is 1. The first kappa shape index (κ1) is 11.9. The number of fused-ring (bicyclic) bond motifs is 1. The van der Waals surface area contributed by atoms with Crippen molar-refractivity contribution in [3.8, 4) is 11.4 Å². The van der Waals surface area contributed by atoms with E-state index in [1.165, 1.54) is 6.07 Å². The molecule has 0 fully saturated rings. The van der Waals surface area contributed by atoms with Gasteiger partial charge in [0.05, 0.1) is 23.9 Å². The predicted molar refractivity (Wildman–Crippen MR) is 69.6 cm³/mol. The summed E-state index contributed by atoms with van der Waals surface area (Å²) >= 11 is 3.41. The molecule has 94 valence electrons. The van der Waals surface area contributed by atoms with Gasteiger partial charge in [-0.1, -0.05) is 12.1 Å². The second kappa shape index (κ2) is 4.48. The Labute approximate surface area is 112 Å². The first-order valence-corrected chi connectivity index (χ1v) is 6.64. The van der Waals surface area contributed by atoms with Gasteiger partial charge in [-0.15, -0.1) is 0 Å². The van der Waals surface area contributed by atoms with Gasteiger partial charge in [-0.25, -0.2) is 9.37 Å². The van der Waals surface area contributed by atoms with Gasteiger partial charge in [0.25, 0.3) is 0 Å². The van der Waals surface area contributed by atoms with E-state index in [2.05, 4.69) is 20.9 Å². The van der Waals surface area contributed by atoms with Crippen molar-refractivity contribution in [2.45, 2.75) is 25.5 Å². The normalized spacial score (nSPS) is 18.7. The highest BCUT2D eigenvalue weighted by molar-refractivity contribution is 9.10. The summed E-state index contributed by atoms with van der Waals surface area (Å²) in [7, 11) is 0. The standard InChI is InChI=1S/C13H12BrFN2O/c14-12-11-6-5-8(18)7-17(11)13(16-12)9-3-1-2-4-10(9)15/h1-4,8,18H,5-7H2. The number of aliphatic hydroxyl groups is 1. The molecule has 1 aromatic carbocycles. The van der Waals surface area contributed by atoms with Gasteiger partial charge in [0.15, 0.2) is 0 Å². The highest BCUT2D eigenvalue weighted by atomic mass is 79.9. The number of aromatic nitrogens is 2. The van der Waals surface area contributed by atoms with Crippen LogP contribution in [0, 0.1) is 5.82 Å². The Balaban J connectivity index is 2.17. The van der Waals surface area contributed by atoms with Gasteiger partial charge in [-0.3, -0.25) is 0 Å². The van der Waals surface area contributed by atoms with Crippen molar-refractivity contribution < 1.29 is 9.50 Å². The quantitative estimate of drug-likeness (QED) is 0.879. The maximum Gasteiger partial charge on any atom is 0.144 e. The Hall–Kier alpha value is -1.20. The van der Waals surface area contributed by atoms with E-state index in [0.717, 1.165) is 23.1 Å². The molecule has 2 aromatic rings. The van der Waals surface area contributed by atoms with E-state index >= 15 is 0 Å². The van der Waals surface area contributed by atoms with Crippen LogP contribution < -0.4 is 0 Å². The average molecular weight is 311 g/mol. The zero-order chi connectivity index (χ0) is 12.7. The van der Waals surface area contributed by atoms with Crippen LogP contribution in [0.25, 0.3) is 11.4 Å². The molecule has 2 heterocycles. The Bertz CT molecular complexity index is 597. The summed E-state index contributed by atoms with van der Waals surface area (Å²) in [5.74, 6) is 0.284. The maximum atomic E-state index is 13.8. The Morgan fingerprint density at radius 2 is 2.17 bits per heavy atom. The lowest BCUT2D eigenvalue weighted by molar-refractivity contribution is 0.132. The number of nitrogens with zero attached hydrogens (tertiary/aromatic N) is 2. The molecule has 0 saturated heterocycles. The van der Waals surface area contributed by atoms with Gasteiger partial charge >= 0.3 is 0 Å². The highest BCUT2D eigenvalue weighted by Gasteiger charge is 2.24. The third-order valence-corrected chi connectivity index (χ3v) is 3.88. The molecular weight excluding hydrogens is 299 g/mol. The molecule has 1 atom stereocenters. The molecule has 1 aromatic heterocycles. The zero-order valence-corrected chi connectivity index (χ0v) is 11.2. The lowest BCUT2D eigenvalue weighted by Crippen LogP contribution is -2.24. The molecule has 0 aliphatic carbocycles. The van der Waals surface area contributed by atoms with E-state index in [9.17, 15) is 9.50 Å². The molecule has 1 aliphatic rings. The zero-order valence-electron chi connectivity index (χ0n) is 9.61. The van der Waals surface area contributed by atoms with Gasteiger partial charge < -0.3 is 9.67 Å². The number of imidazole rings is 1. The first-order valence-electron chi connectivity index (χ1n) is 5.84. The molecule has 0 bridgehead atoms. The summed E-state index contributed by atoms with van der Waals surface area (Å²) in [6.07, 6.45) is 1.09. The summed E-state index contributed by atoms with van der Waals surface area (Å²) < 4.78 is 16.5. The fourth-order valence-corrected chi connectivity index (χ4v) is 2.93. The molecular formula is C13H12BrFN2O. The van der Waals surface area contributed by atoms with E-state index in [-0.39, 0.29) is 11.9 Å². The van der Waals surface area contributed by atoms with Gasteiger partial charge in [0.2, 0.25) is 0 Å². The molecule has 0 radical (unpaired) electrons. The number of rotatable bonds is 1. The van der Waals surface area contributed by atoms with Crippen LogP contribution in [-0.4, -0.2) is 20.8 Å². The van der Waals surface area contributed by atoms with E-state index in [1.807, 2.05) is 4.57 Å². The molecule has 1 unspecified atom stereocenters. The number of halogens is 2. The largest absolute Gasteiger partial charge is 0.391 e. The van der Waals surface area contributed by atoms with E-state index in [4.69, 9.17) is 0 Å². The predicted octanol–water partition coefficient (Wildman–Crippen LogP) is 2.76. The molecule has 0 amide bonds. The molecule has 0 saturated carbocycles. The average Bonchev–Trinajstić information content (AvgIpc) is 2.67. The van der Waals surface area contributed by atoms with Gasteiger partial charge in [-0.2, -0.15) is 0 Å². The summed E-state index contributed by atoms with van der Waals surface area (Å²) in [6.45, 7) is 0.470. The van der Waals surface area contributed by atoms with Crippen LogP contribution in [0.3, 0.4) is 0 Å². The third kappa shape index (κ3) is 1.87. The third-order valence-electron chi connectivity index (χ3n) is 3.25. The molecule has 0 spiro atoms. The Kier molecular flexibility index (Phi) is 2.95. The molecule has 1 N–H and O–H groups in total. The van der Waals surface area contributed by atoms with Crippen molar-refractivity contribution >= 4 is 15.9 Å². The van der Waals surface area contributed by atoms with Crippen LogP contribution >= 0.6 is 15.9 Å². The van der Waals surface area contributed by atoms with Crippen molar-refractivity contribution in [3.05, 3.63) is 40.4 Å². The van der Waals surface area contributed by atoms with Crippen molar-refractivity contribution in [2.24, 2.45) is 0 Å². The molecule has 3 rings (SSSR count). The number of hydrogen-bond donors (Lipinski definition) is 1. The fraction of sp³-hybridized carbons (Fsp3) is 0.308. The monoisotopic (exact) mass is 310 g/mol. The molecule has 5 heteroatoms. The second-order valence-electron chi connectivity index (χ2n) is 4.46. The van der Waals surface area contributed by atoms with Crippen molar-refractivity contribution in [1.82, 2.24) is 9.55 Å². The van der Waals surface area contributed by atoms with E-state index in [1.54, 1.807) is 18.2 Å². The summed E-state index contributed by atoms with van der Waals surface area (Å²) in [6, 6.07) is 6.57. The molecule has 1 aliphatic heterocycles. The van der Waals surface area contributed by atoms with Crippen molar-refractivity contribution in [2.75, 3.05) is 0 Å². The smallest absolute Gasteiger partial charge is 0.144 e. The maximum absolute atomic E-state index is 13.8.